The highest BCUT2D eigenvalue weighted by Crippen LogP contribution is 2.42. The molecule has 0 bridgehead atoms. The van der Waals surface area contributed by atoms with E-state index in [1.54, 1.807) is 17.5 Å². The maximum atomic E-state index is 5.66. The molecule has 4 rings (SSSR count). The molecule has 0 spiro atoms. The quantitative estimate of drug-likeness (QED) is 0.618. The number of pyridine rings is 2. The monoisotopic (exact) mass is 430 g/mol. The lowest BCUT2D eigenvalue weighted by Gasteiger charge is -2.26. The Balaban J connectivity index is 1.72. The Bertz CT molecular complexity index is 869. The van der Waals surface area contributed by atoms with Gasteiger partial charge in [0.15, 0.2) is 5.11 Å². The van der Waals surface area contributed by atoms with Crippen LogP contribution in [0, 0.1) is 0 Å². The maximum absolute atomic E-state index is 5.66. The van der Waals surface area contributed by atoms with Gasteiger partial charge in [-0.25, -0.2) is 0 Å². The minimum Gasteiger partial charge on any atom is -0.352 e. The van der Waals surface area contributed by atoms with Gasteiger partial charge in [0.2, 0.25) is 0 Å². The average Bonchev–Trinajstić information content (AvgIpc) is 3.20. The lowest BCUT2D eigenvalue weighted by Crippen LogP contribution is -2.28. The van der Waals surface area contributed by atoms with E-state index >= 15 is 0 Å². The summed E-state index contributed by atoms with van der Waals surface area (Å²) < 4.78 is 1.11. The van der Waals surface area contributed by atoms with Gasteiger partial charge < -0.3 is 10.2 Å². The van der Waals surface area contributed by atoms with Crippen molar-refractivity contribution in [3.63, 3.8) is 0 Å². The van der Waals surface area contributed by atoms with Crippen LogP contribution in [0.25, 0.3) is 0 Å². The molecule has 3 aromatic heterocycles. The molecule has 4 nitrogen and oxygen atoms in total. The SMILES string of the molecule is S=C1N[C@H](c2ccccn2)[C@H](c2ccc(Br)s2)N1Cc1cccnc1. The van der Waals surface area contributed by atoms with Crippen molar-refractivity contribution in [2.24, 2.45) is 0 Å². The number of aromatic nitrogens is 2. The molecule has 126 valence electrons. The van der Waals surface area contributed by atoms with Crippen LogP contribution in [0.3, 0.4) is 0 Å². The fourth-order valence-electron chi connectivity index (χ4n) is 3.06. The van der Waals surface area contributed by atoms with Crippen LogP contribution >= 0.6 is 39.5 Å². The molecule has 0 radical (unpaired) electrons. The second-order valence-corrected chi connectivity index (χ2v) is 8.64. The van der Waals surface area contributed by atoms with E-state index in [4.69, 9.17) is 12.2 Å². The van der Waals surface area contributed by atoms with E-state index in [0.717, 1.165) is 20.2 Å². The number of thiocarbonyl (C=S) groups is 1. The van der Waals surface area contributed by atoms with Crippen molar-refractivity contribution in [3.05, 3.63) is 81.0 Å². The largest absolute Gasteiger partial charge is 0.352 e. The van der Waals surface area contributed by atoms with Gasteiger partial charge in [-0.1, -0.05) is 12.1 Å². The Morgan fingerprint density at radius 2 is 2.08 bits per heavy atom. The van der Waals surface area contributed by atoms with E-state index in [2.05, 4.69) is 54.3 Å². The Morgan fingerprint density at radius 3 is 2.76 bits per heavy atom. The molecule has 0 unspecified atom stereocenters. The summed E-state index contributed by atoms with van der Waals surface area (Å²) in [7, 11) is 0. The highest BCUT2D eigenvalue weighted by molar-refractivity contribution is 9.11. The van der Waals surface area contributed by atoms with Crippen molar-refractivity contribution in [3.8, 4) is 0 Å². The zero-order valence-electron chi connectivity index (χ0n) is 13.2. The highest BCUT2D eigenvalue weighted by atomic mass is 79.9. The molecule has 0 aliphatic carbocycles. The third kappa shape index (κ3) is 3.44. The number of nitrogens with zero attached hydrogens (tertiary/aromatic N) is 3. The van der Waals surface area contributed by atoms with E-state index in [9.17, 15) is 0 Å². The first-order valence-corrected chi connectivity index (χ1v) is 9.86. The molecular weight excluding hydrogens is 416 g/mol. The van der Waals surface area contributed by atoms with E-state index in [1.165, 1.54) is 4.88 Å². The van der Waals surface area contributed by atoms with E-state index < -0.39 is 0 Å². The Hall–Kier alpha value is -1.83. The van der Waals surface area contributed by atoms with Crippen molar-refractivity contribution < 1.29 is 0 Å². The summed E-state index contributed by atoms with van der Waals surface area (Å²) in [6, 6.07) is 14.4. The van der Waals surface area contributed by atoms with Gasteiger partial charge in [-0.05, 0) is 64.0 Å². The molecule has 1 fully saturated rings. The molecule has 0 aromatic carbocycles. The van der Waals surface area contributed by atoms with Crippen molar-refractivity contribution >= 4 is 44.6 Å². The summed E-state index contributed by atoms with van der Waals surface area (Å²) in [4.78, 5) is 12.2. The molecule has 1 N–H and O–H groups in total. The van der Waals surface area contributed by atoms with E-state index in [-0.39, 0.29) is 12.1 Å². The fourth-order valence-corrected chi connectivity index (χ4v) is 4.94. The van der Waals surface area contributed by atoms with Crippen LogP contribution in [0.2, 0.25) is 0 Å². The van der Waals surface area contributed by atoms with Gasteiger partial charge in [0.25, 0.3) is 0 Å². The summed E-state index contributed by atoms with van der Waals surface area (Å²) in [5.41, 5.74) is 2.13. The molecule has 1 saturated heterocycles. The van der Waals surface area contributed by atoms with Crippen molar-refractivity contribution in [2.75, 3.05) is 0 Å². The summed E-state index contributed by atoms with van der Waals surface area (Å²) in [5.74, 6) is 0. The van der Waals surface area contributed by atoms with Crippen molar-refractivity contribution in [2.45, 2.75) is 18.6 Å². The Morgan fingerprint density at radius 1 is 1.16 bits per heavy atom. The van der Waals surface area contributed by atoms with Crippen LogP contribution in [0.5, 0.6) is 0 Å². The second-order valence-electron chi connectivity index (χ2n) is 5.76. The van der Waals surface area contributed by atoms with Gasteiger partial charge in [-0.2, -0.15) is 0 Å². The first-order chi connectivity index (χ1) is 12.2. The topological polar surface area (TPSA) is 41.1 Å². The number of hydrogen-bond donors (Lipinski definition) is 1. The summed E-state index contributed by atoms with van der Waals surface area (Å²) >= 11 is 11.0. The highest BCUT2D eigenvalue weighted by Gasteiger charge is 2.40. The van der Waals surface area contributed by atoms with Gasteiger partial charge in [0.05, 0.1) is 21.6 Å². The summed E-state index contributed by atoms with van der Waals surface area (Å²) in [6.45, 7) is 0.712. The number of thiophene rings is 1. The second kappa shape index (κ2) is 7.19. The van der Waals surface area contributed by atoms with Crippen molar-refractivity contribution in [1.82, 2.24) is 20.2 Å². The Labute approximate surface area is 164 Å². The predicted octanol–water partition coefficient (Wildman–Crippen LogP) is 4.47. The smallest absolute Gasteiger partial charge is 0.170 e. The van der Waals surface area contributed by atoms with Gasteiger partial charge in [0, 0.05) is 30.0 Å². The number of hydrogen-bond acceptors (Lipinski definition) is 4. The first-order valence-electron chi connectivity index (χ1n) is 7.84. The third-order valence-corrected chi connectivity index (χ3v) is 6.21. The molecule has 1 aliphatic rings. The zero-order valence-corrected chi connectivity index (χ0v) is 16.4. The minimum atomic E-state index is 0.0240. The fraction of sp³-hybridized carbons (Fsp3) is 0.167. The molecule has 4 heterocycles. The number of nitrogens with one attached hydrogen (secondary N) is 1. The predicted molar refractivity (Wildman–Crippen MR) is 107 cm³/mol. The molecule has 0 saturated carbocycles. The Kier molecular flexibility index (Phi) is 4.78. The molecule has 1 aliphatic heterocycles. The van der Waals surface area contributed by atoms with E-state index in [1.807, 2.05) is 36.7 Å². The third-order valence-electron chi connectivity index (χ3n) is 4.16. The normalized spacial score (nSPS) is 19.9. The maximum Gasteiger partial charge on any atom is 0.170 e. The van der Waals surface area contributed by atoms with Gasteiger partial charge in [-0.3, -0.25) is 9.97 Å². The van der Waals surface area contributed by atoms with Crippen molar-refractivity contribution in [1.29, 1.82) is 0 Å². The van der Waals surface area contributed by atoms with E-state index in [0.29, 0.717) is 6.54 Å². The number of halogens is 1. The standard InChI is InChI=1S/C18H15BrN4S2/c19-15-7-6-14(25-15)17-16(13-5-1-2-9-21-13)22-18(24)23(17)11-12-4-3-8-20-10-12/h1-10,16-17H,11H2,(H,22,24)/t16-,17+/m1/s1. The van der Waals surface area contributed by atoms with Crippen LogP contribution in [0.15, 0.2) is 64.8 Å². The molecule has 3 aromatic rings. The van der Waals surface area contributed by atoms with Crippen LogP contribution < -0.4 is 5.32 Å². The van der Waals surface area contributed by atoms with Gasteiger partial charge in [-0.15, -0.1) is 11.3 Å². The summed E-state index contributed by atoms with van der Waals surface area (Å²) in [5, 5.41) is 4.21. The van der Waals surface area contributed by atoms with Gasteiger partial charge in [0.1, 0.15) is 0 Å². The van der Waals surface area contributed by atoms with Gasteiger partial charge >= 0.3 is 0 Å². The molecular formula is C18H15BrN4S2. The lowest BCUT2D eigenvalue weighted by atomic mass is 10.0. The summed E-state index contributed by atoms with van der Waals surface area (Å²) in [6.07, 6.45) is 5.50. The van der Waals surface area contributed by atoms with Crippen LogP contribution in [-0.2, 0) is 6.54 Å². The van der Waals surface area contributed by atoms with Crippen LogP contribution in [0.1, 0.15) is 28.2 Å². The molecule has 25 heavy (non-hydrogen) atoms. The van der Waals surface area contributed by atoms with Crippen LogP contribution in [-0.4, -0.2) is 20.0 Å². The lowest BCUT2D eigenvalue weighted by molar-refractivity contribution is 0.315. The van der Waals surface area contributed by atoms with Crippen LogP contribution in [0.4, 0.5) is 0 Å². The first kappa shape index (κ1) is 16.6. The minimum absolute atomic E-state index is 0.0240. The molecule has 2 atom stereocenters. The number of rotatable bonds is 4. The molecule has 7 heteroatoms. The average molecular weight is 431 g/mol. The zero-order chi connectivity index (χ0) is 17.2. The molecule has 0 amide bonds.